The minimum absolute atomic E-state index is 0.0462. The van der Waals surface area contributed by atoms with E-state index in [9.17, 15) is 4.79 Å². The van der Waals surface area contributed by atoms with Gasteiger partial charge in [0.1, 0.15) is 0 Å². The number of hydrogen-bond acceptors (Lipinski definition) is 3. The van der Waals surface area contributed by atoms with Crippen LogP contribution in [0.3, 0.4) is 0 Å². The van der Waals surface area contributed by atoms with E-state index in [1.165, 1.54) is 0 Å². The second-order valence-corrected chi connectivity index (χ2v) is 7.81. The molecule has 0 saturated heterocycles. The van der Waals surface area contributed by atoms with Crippen molar-refractivity contribution in [1.29, 1.82) is 0 Å². The number of hydrogen-bond donors (Lipinski definition) is 1. The number of nitrogens with zero attached hydrogens (tertiary/aromatic N) is 3. The molecule has 1 amide bonds. The second-order valence-electron chi connectivity index (χ2n) is 6.94. The van der Waals surface area contributed by atoms with Crippen LogP contribution in [0.25, 0.3) is 17.1 Å². The molecule has 0 aliphatic heterocycles. The molecule has 0 radical (unpaired) electrons. The quantitative estimate of drug-likeness (QED) is 0.419. The van der Waals surface area contributed by atoms with Crippen molar-refractivity contribution in [3.8, 4) is 17.1 Å². The molecule has 0 aliphatic carbocycles. The van der Waals surface area contributed by atoms with E-state index < -0.39 is 5.91 Å². The summed E-state index contributed by atoms with van der Waals surface area (Å²) in [4.78, 5) is 17.4. The van der Waals surface area contributed by atoms with Crippen molar-refractivity contribution < 1.29 is 4.79 Å². The monoisotopic (exact) mass is 436 g/mol. The molecule has 5 nitrogen and oxygen atoms in total. The Hall–Kier alpha value is -3.15. The zero-order chi connectivity index (χ0) is 21.3. The number of aromatic nitrogens is 3. The Morgan fingerprint density at radius 1 is 0.933 bits per heavy atom. The molecule has 0 saturated carbocycles. The van der Waals surface area contributed by atoms with Gasteiger partial charge in [0, 0.05) is 21.3 Å². The van der Waals surface area contributed by atoms with E-state index in [4.69, 9.17) is 23.2 Å². The summed E-state index contributed by atoms with van der Waals surface area (Å²) in [6.45, 7) is 4.03. The minimum atomic E-state index is -0.427. The lowest BCUT2D eigenvalue weighted by Crippen LogP contribution is -2.14. The molecule has 0 fully saturated rings. The van der Waals surface area contributed by atoms with Crippen LogP contribution >= 0.6 is 23.2 Å². The summed E-state index contributed by atoms with van der Waals surface area (Å²) in [6.07, 6.45) is 0. The number of carbonyl (C=O) groups excluding carboxylic acids is 1. The SMILES string of the molecule is Cc1ccc(-n2nc(C(=O)Nc3cccc(Cl)c3)nc2-c2cccc(Cl)c2)c(C)c1. The summed E-state index contributed by atoms with van der Waals surface area (Å²) in [6, 6.07) is 20.2. The highest BCUT2D eigenvalue weighted by Crippen LogP contribution is 2.26. The van der Waals surface area contributed by atoms with Crippen molar-refractivity contribution in [3.63, 3.8) is 0 Å². The molecule has 4 aromatic rings. The molecule has 7 heteroatoms. The Balaban J connectivity index is 1.80. The molecule has 0 unspecified atom stereocenters. The van der Waals surface area contributed by atoms with Gasteiger partial charge in [0.25, 0.3) is 5.91 Å². The van der Waals surface area contributed by atoms with Crippen LogP contribution in [-0.2, 0) is 0 Å². The molecule has 150 valence electrons. The van der Waals surface area contributed by atoms with Gasteiger partial charge in [-0.05, 0) is 55.8 Å². The van der Waals surface area contributed by atoms with Crippen molar-refractivity contribution in [2.45, 2.75) is 13.8 Å². The normalized spacial score (nSPS) is 10.8. The fourth-order valence-corrected chi connectivity index (χ4v) is 3.57. The summed E-state index contributed by atoms with van der Waals surface area (Å²) in [5, 5.41) is 8.41. The lowest BCUT2D eigenvalue weighted by atomic mass is 10.1. The third kappa shape index (κ3) is 4.22. The van der Waals surface area contributed by atoms with Crippen molar-refractivity contribution in [2.75, 3.05) is 5.32 Å². The minimum Gasteiger partial charge on any atom is -0.319 e. The molecule has 0 bridgehead atoms. The lowest BCUT2D eigenvalue weighted by Gasteiger charge is -2.10. The topological polar surface area (TPSA) is 59.8 Å². The molecule has 0 atom stereocenters. The van der Waals surface area contributed by atoms with Crippen LogP contribution in [0.2, 0.25) is 10.0 Å². The molecule has 1 N–H and O–H groups in total. The van der Waals surface area contributed by atoms with Crippen LogP contribution in [0, 0.1) is 13.8 Å². The summed E-state index contributed by atoms with van der Waals surface area (Å²) >= 11 is 12.2. The van der Waals surface area contributed by atoms with E-state index in [1.807, 2.05) is 38.1 Å². The van der Waals surface area contributed by atoms with E-state index in [2.05, 4.69) is 21.5 Å². The Kier molecular flexibility index (Phi) is 5.57. The zero-order valence-electron chi connectivity index (χ0n) is 16.4. The molecule has 1 aromatic heterocycles. The molecule has 0 spiro atoms. The third-order valence-electron chi connectivity index (χ3n) is 4.56. The van der Waals surface area contributed by atoms with E-state index in [0.717, 1.165) is 22.4 Å². The highest BCUT2D eigenvalue weighted by molar-refractivity contribution is 6.31. The predicted octanol–water partition coefficient (Wildman–Crippen LogP) is 6.11. The van der Waals surface area contributed by atoms with Gasteiger partial charge in [-0.1, -0.05) is 59.1 Å². The summed E-state index contributed by atoms with van der Waals surface area (Å²) in [5.41, 5.74) is 4.32. The molecule has 4 rings (SSSR count). The number of rotatable bonds is 4. The number of anilines is 1. The van der Waals surface area contributed by atoms with Gasteiger partial charge in [0.2, 0.25) is 5.82 Å². The van der Waals surface area contributed by atoms with Gasteiger partial charge in [-0.15, -0.1) is 5.10 Å². The Morgan fingerprint density at radius 2 is 1.67 bits per heavy atom. The number of halogens is 2. The van der Waals surface area contributed by atoms with Crippen molar-refractivity contribution in [2.24, 2.45) is 0 Å². The average molecular weight is 437 g/mol. The third-order valence-corrected chi connectivity index (χ3v) is 5.03. The maximum Gasteiger partial charge on any atom is 0.295 e. The standard InChI is InChI=1S/C23H18Cl2N4O/c1-14-9-10-20(15(2)11-14)29-22(16-5-3-6-17(24)12-16)27-21(28-29)23(30)26-19-8-4-7-18(25)13-19/h3-13H,1-2H3,(H,26,30). The van der Waals surface area contributed by atoms with Crippen LogP contribution in [0.1, 0.15) is 21.7 Å². The number of aryl methyl sites for hydroxylation is 2. The van der Waals surface area contributed by atoms with Gasteiger partial charge >= 0.3 is 0 Å². The molecular formula is C23H18Cl2N4O. The molecule has 30 heavy (non-hydrogen) atoms. The largest absolute Gasteiger partial charge is 0.319 e. The van der Waals surface area contributed by atoms with Crippen LogP contribution in [0.5, 0.6) is 0 Å². The second kappa shape index (κ2) is 8.30. The van der Waals surface area contributed by atoms with Crippen LogP contribution in [0.15, 0.2) is 66.7 Å². The summed E-state index contributed by atoms with van der Waals surface area (Å²) in [5.74, 6) is 0.148. The highest BCUT2D eigenvalue weighted by Gasteiger charge is 2.20. The van der Waals surface area contributed by atoms with Gasteiger partial charge in [0.15, 0.2) is 5.82 Å². The average Bonchev–Trinajstić information content (AvgIpc) is 3.13. The van der Waals surface area contributed by atoms with E-state index in [1.54, 1.807) is 41.1 Å². The highest BCUT2D eigenvalue weighted by atomic mass is 35.5. The first-order chi connectivity index (χ1) is 14.4. The number of amides is 1. The van der Waals surface area contributed by atoms with Crippen LogP contribution in [0.4, 0.5) is 5.69 Å². The van der Waals surface area contributed by atoms with Crippen molar-refractivity contribution >= 4 is 34.8 Å². The van der Waals surface area contributed by atoms with E-state index >= 15 is 0 Å². The van der Waals surface area contributed by atoms with Crippen LogP contribution in [-0.4, -0.2) is 20.7 Å². The molecule has 3 aromatic carbocycles. The first kappa shape index (κ1) is 20.1. The first-order valence-corrected chi connectivity index (χ1v) is 10.0. The zero-order valence-corrected chi connectivity index (χ0v) is 17.9. The van der Waals surface area contributed by atoms with Gasteiger partial charge in [0.05, 0.1) is 5.69 Å². The smallest absolute Gasteiger partial charge is 0.295 e. The Morgan fingerprint density at radius 3 is 2.37 bits per heavy atom. The Labute approximate surface area is 184 Å². The summed E-state index contributed by atoms with van der Waals surface area (Å²) < 4.78 is 1.67. The maximum atomic E-state index is 12.8. The maximum absolute atomic E-state index is 12.8. The number of nitrogens with one attached hydrogen (secondary N) is 1. The van der Waals surface area contributed by atoms with Gasteiger partial charge in [-0.25, -0.2) is 9.67 Å². The van der Waals surface area contributed by atoms with Gasteiger partial charge in [-0.3, -0.25) is 4.79 Å². The summed E-state index contributed by atoms with van der Waals surface area (Å²) in [7, 11) is 0. The molecular weight excluding hydrogens is 419 g/mol. The Bertz CT molecular complexity index is 1250. The fraction of sp³-hybridized carbons (Fsp3) is 0.0870. The van der Waals surface area contributed by atoms with Crippen molar-refractivity contribution in [1.82, 2.24) is 14.8 Å². The van der Waals surface area contributed by atoms with E-state index in [-0.39, 0.29) is 5.82 Å². The predicted molar refractivity (Wildman–Crippen MR) is 121 cm³/mol. The van der Waals surface area contributed by atoms with E-state index in [0.29, 0.717) is 21.6 Å². The van der Waals surface area contributed by atoms with Gasteiger partial charge < -0.3 is 5.32 Å². The molecule has 1 heterocycles. The number of benzene rings is 3. The van der Waals surface area contributed by atoms with Crippen LogP contribution < -0.4 is 5.32 Å². The number of carbonyl (C=O) groups is 1. The first-order valence-electron chi connectivity index (χ1n) is 9.28. The van der Waals surface area contributed by atoms with Gasteiger partial charge in [-0.2, -0.15) is 0 Å². The fourth-order valence-electron chi connectivity index (χ4n) is 3.19. The molecule has 0 aliphatic rings. The lowest BCUT2D eigenvalue weighted by molar-refractivity contribution is 0.101. The van der Waals surface area contributed by atoms with Crippen molar-refractivity contribution in [3.05, 3.63) is 93.7 Å².